The van der Waals surface area contributed by atoms with Gasteiger partial charge in [0.2, 0.25) is 0 Å². The molecule has 2 fully saturated rings. The van der Waals surface area contributed by atoms with Gasteiger partial charge in [0.1, 0.15) is 0 Å². The van der Waals surface area contributed by atoms with Crippen molar-refractivity contribution in [1.29, 1.82) is 0 Å². The van der Waals surface area contributed by atoms with Gasteiger partial charge in [0, 0.05) is 44.9 Å². The molecule has 0 aromatic heterocycles. The van der Waals surface area contributed by atoms with Crippen LogP contribution >= 0.6 is 0 Å². The molecule has 1 saturated heterocycles. The molecule has 0 bridgehead atoms. The van der Waals surface area contributed by atoms with Gasteiger partial charge in [0.15, 0.2) is 11.6 Å². The van der Waals surface area contributed by atoms with Crippen LogP contribution < -0.4 is 0 Å². The minimum absolute atomic E-state index is 0.164. The highest BCUT2D eigenvalue weighted by Crippen LogP contribution is 2.26. The van der Waals surface area contributed by atoms with Crippen LogP contribution in [0.2, 0.25) is 0 Å². The van der Waals surface area contributed by atoms with E-state index in [1.807, 2.05) is 0 Å². The lowest BCUT2D eigenvalue weighted by atomic mass is 9.92. The molecule has 1 aromatic rings. The van der Waals surface area contributed by atoms with E-state index < -0.39 is 11.6 Å². The van der Waals surface area contributed by atoms with Gasteiger partial charge >= 0.3 is 0 Å². The number of hydrogen-bond donors (Lipinski definition) is 1. The Labute approximate surface area is 143 Å². The summed E-state index contributed by atoms with van der Waals surface area (Å²) in [6, 6.07) is 5.11. The van der Waals surface area contributed by atoms with E-state index in [2.05, 4.69) is 9.80 Å². The van der Waals surface area contributed by atoms with Gasteiger partial charge in [-0.2, -0.15) is 0 Å². The molecule has 3 nitrogen and oxygen atoms in total. The third-order valence-electron chi connectivity index (χ3n) is 5.56. The van der Waals surface area contributed by atoms with Gasteiger partial charge in [-0.05, 0) is 37.0 Å². The lowest BCUT2D eigenvalue weighted by molar-refractivity contribution is 0.0221. The van der Waals surface area contributed by atoms with E-state index >= 15 is 0 Å². The van der Waals surface area contributed by atoms with E-state index in [4.69, 9.17) is 0 Å². The first kappa shape index (κ1) is 17.8. The number of piperazine rings is 1. The van der Waals surface area contributed by atoms with Gasteiger partial charge in [0.05, 0.1) is 0 Å². The molecule has 0 radical (unpaired) electrons. The fourth-order valence-electron chi connectivity index (χ4n) is 4.20. The maximum Gasteiger partial charge on any atom is 0.159 e. The lowest BCUT2D eigenvalue weighted by Gasteiger charge is -2.45. The second-order valence-electron chi connectivity index (χ2n) is 7.17. The molecule has 2 aliphatic rings. The molecule has 1 aliphatic heterocycles. The molecule has 0 spiro atoms. The minimum Gasteiger partial charge on any atom is -0.396 e. The molecule has 3 rings (SSSR count). The standard InChI is InChI=1S/C19H28F2N2O/c20-18-7-6-15(12-19(18)21)13-22-9-10-23(14-17(22)8-11-24)16-4-2-1-3-5-16/h6-7,12,16-17,24H,1-5,8-11,13-14H2/t17-/m1/s1. The summed E-state index contributed by atoms with van der Waals surface area (Å²) in [4.78, 5) is 4.89. The summed E-state index contributed by atoms with van der Waals surface area (Å²) in [6.07, 6.45) is 7.30. The van der Waals surface area contributed by atoms with Gasteiger partial charge in [-0.25, -0.2) is 8.78 Å². The van der Waals surface area contributed by atoms with Crippen molar-refractivity contribution in [3.63, 3.8) is 0 Å². The smallest absolute Gasteiger partial charge is 0.159 e. The van der Waals surface area contributed by atoms with Crippen LogP contribution in [0.15, 0.2) is 18.2 Å². The first-order chi connectivity index (χ1) is 11.7. The number of rotatable bonds is 5. The molecule has 0 unspecified atom stereocenters. The van der Waals surface area contributed by atoms with E-state index in [0.717, 1.165) is 31.6 Å². The van der Waals surface area contributed by atoms with Crippen LogP contribution in [-0.2, 0) is 6.54 Å². The highest BCUT2D eigenvalue weighted by molar-refractivity contribution is 5.18. The molecule has 1 aromatic carbocycles. The Bertz CT molecular complexity index is 534. The fraction of sp³-hybridized carbons (Fsp3) is 0.684. The van der Waals surface area contributed by atoms with Crippen molar-refractivity contribution in [3.8, 4) is 0 Å². The monoisotopic (exact) mass is 338 g/mol. The van der Waals surface area contributed by atoms with Crippen LogP contribution in [0.4, 0.5) is 8.78 Å². The van der Waals surface area contributed by atoms with Crippen LogP contribution in [0.25, 0.3) is 0 Å². The Morgan fingerprint density at radius 3 is 2.54 bits per heavy atom. The Balaban J connectivity index is 1.63. The Kier molecular flexibility index (Phi) is 6.19. The predicted octanol–water partition coefficient (Wildman–Crippen LogP) is 3.17. The van der Waals surface area contributed by atoms with E-state index in [9.17, 15) is 13.9 Å². The summed E-state index contributed by atoms with van der Waals surface area (Å²) in [6.45, 7) is 3.68. The quantitative estimate of drug-likeness (QED) is 0.893. The van der Waals surface area contributed by atoms with Crippen molar-refractivity contribution in [1.82, 2.24) is 9.80 Å². The van der Waals surface area contributed by atoms with Crippen molar-refractivity contribution < 1.29 is 13.9 Å². The SMILES string of the molecule is OCC[C@@H]1CN(C2CCCCC2)CCN1Cc1ccc(F)c(F)c1. The first-order valence-electron chi connectivity index (χ1n) is 9.20. The number of aliphatic hydroxyl groups is 1. The van der Waals surface area contributed by atoms with Gasteiger partial charge < -0.3 is 5.11 Å². The second-order valence-corrected chi connectivity index (χ2v) is 7.17. The molecule has 24 heavy (non-hydrogen) atoms. The third kappa shape index (κ3) is 4.32. The lowest BCUT2D eigenvalue weighted by Crippen LogP contribution is -2.56. The molecule has 1 saturated carbocycles. The summed E-state index contributed by atoms with van der Waals surface area (Å²) in [5, 5.41) is 9.42. The average molecular weight is 338 g/mol. The minimum atomic E-state index is -0.798. The van der Waals surface area contributed by atoms with E-state index in [0.29, 0.717) is 12.6 Å². The van der Waals surface area contributed by atoms with Crippen LogP contribution in [0.5, 0.6) is 0 Å². The van der Waals surface area contributed by atoms with Crippen molar-refractivity contribution in [2.45, 2.75) is 57.2 Å². The van der Waals surface area contributed by atoms with E-state index in [1.54, 1.807) is 6.07 Å². The molecule has 1 N–H and O–H groups in total. The zero-order chi connectivity index (χ0) is 16.9. The predicted molar refractivity (Wildman–Crippen MR) is 90.7 cm³/mol. The Morgan fingerprint density at radius 2 is 1.83 bits per heavy atom. The first-order valence-corrected chi connectivity index (χ1v) is 9.20. The molecular formula is C19H28F2N2O. The number of aliphatic hydroxyl groups excluding tert-OH is 1. The van der Waals surface area contributed by atoms with Crippen LogP contribution in [0.3, 0.4) is 0 Å². The zero-order valence-electron chi connectivity index (χ0n) is 14.3. The second kappa shape index (κ2) is 8.37. The Morgan fingerprint density at radius 1 is 1.04 bits per heavy atom. The summed E-state index contributed by atoms with van der Waals surface area (Å²) in [5.74, 6) is -1.58. The van der Waals surface area contributed by atoms with Crippen LogP contribution in [-0.4, -0.2) is 53.2 Å². The molecule has 5 heteroatoms. The highest BCUT2D eigenvalue weighted by atomic mass is 19.2. The summed E-state index contributed by atoms with van der Waals surface area (Å²) >= 11 is 0. The van der Waals surface area contributed by atoms with Crippen LogP contribution in [0, 0.1) is 11.6 Å². The van der Waals surface area contributed by atoms with Gasteiger partial charge in [-0.3, -0.25) is 9.80 Å². The summed E-state index contributed by atoms with van der Waals surface area (Å²) < 4.78 is 26.5. The molecule has 0 amide bonds. The van der Waals surface area contributed by atoms with E-state index in [1.165, 1.54) is 44.2 Å². The number of benzene rings is 1. The van der Waals surface area contributed by atoms with Gasteiger partial charge in [0.25, 0.3) is 0 Å². The summed E-state index contributed by atoms with van der Waals surface area (Å²) in [5.41, 5.74) is 0.794. The van der Waals surface area contributed by atoms with Crippen molar-refractivity contribution in [2.75, 3.05) is 26.2 Å². The molecule has 1 aliphatic carbocycles. The van der Waals surface area contributed by atoms with E-state index in [-0.39, 0.29) is 12.6 Å². The zero-order valence-corrected chi connectivity index (χ0v) is 14.3. The van der Waals surface area contributed by atoms with Gasteiger partial charge in [-0.15, -0.1) is 0 Å². The maximum atomic E-state index is 13.4. The largest absolute Gasteiger partial charge is 0.396 e. The number of nitrogens with zero attached hydrogens (tertiary/aromatic N) is 2. The maximum absolute atomic E-state index is 13.4. The van der Waals surface area contributed by atoms with Crippen molar-refractivity contribution >= 4 is 0 Å². The number of halogens is 2. The Hall–Kier alpha value is -1.04. The number of hydrogen-bond acceptors (Lipinski definition) is 3. The topological polar surface area (TPSA) is 26.7 Å². The summed E-state index contributed by atoms with van der Waals surface area (Å²) in [7, 11) is 0. The fourth-order valence-corrected chi connectivity index (χ4v) is 4.20. The molecular weight excluding hydrogens is 310 g/mol. The third-order valence-corrected chi connectivity index (χ3v) is 5.56. The van der Waals surface area contributed by atoms with Crippen LogP contribution in [0.1, 0.15) is 44.1 Å². The molecule has 134 valence electrons. The normalized spacial score (nSPS) is 24.4. The highest BCUT2D eigenvalue weighted by Gasteiger charge is 2.31. The van der Waals surface area contributed by atoms with Gasteiger partial charge in [-0.1, -0.05) is 25.3 Å². The molecule has 1 heterocycles. The van der Waals surface area contributed by atoms with Crippen molar-refractivity contribution in [3.05, 3.63) is 35.4 Å². The van der Waals surface area contributed by atoms with Crippen molar-refractivity contribution in [2.24, 2.45) is 0 Å². The average Bonchev–Trinajstić information content (AvgIpc) is 2.61. The molecule has 1 atom stereocenters.